The largest absolute Gasteiger partial charge is 0.388 e. The molecule has 0 aliphatic carbocycles. The number of carbonyl (C=O) groups excluding carboxylic acids is 6. The van der Waals surface area contributed by atoms with E-state index >= 15 is 0 Å². The van der Waals surface area contributed by atoms with Crippen LogP contribution in [0.5, 0.6) is 0 Å². The monoisotopic (exact) mass is 1560 g/mol. The quantitative estimate of drug-likeness (QED) is 0.0171. The molecule has 9 atom stereocenters. The fourth-order valence-electron chi connectivity index (χ4n) is 9.27. The number of rotatable bonds is 35. The number of methoxy groups -OCH3 is 5. The minimum Gasteiger partial charge on any atom is -0.388 e. The molecule has 31 nitrogen and oxygen atoms in total. The molecule has 6 rings (SSSR count). The molecule has 0 bridgehead atoms. The van der Waals surface area contributed by atoms with Gasteiger partial charge in [0, 0.05) is 106 Å². The van der Waals surface area contributed by atoms with E-state index < -0.39 is 66.8 Å². The molecule has 0 saturated carbocycles. The van der Waals surface area contributed by atoms with Crippen molar-refractivity contribution in [2.24, 2.45) is 5.92 Å². The first-order valence-electron chi connectivity index (χ1n) is 36.3. The zero-order chi connectivity index (χ0) is 83.4. The summed E-state index contributed by atoms with van der Waals surface area (Å²) in [6.07, 6.45) is -1.26. The lowest BCUT2D eigenvalue weighted by molar-refractivity contribution is -0.00420. The number of aliphatic hydroxyl groups excluding tert-OH is 2. The van der Waals surface area contributed by atoms with Gasteiger partial charge in [0.2, 0.25) is 0 Å². The molecule has 35 heteroatoms. The fourth-order valence-corrected chi connectivity index (χ4v) is 9.27. The Kier molecular flexibility index (Phi) is 44.2. The van der Waals surface area contributed by atoms with Crippen molar-refractivity contribution in [3.8, 4) is 0 Å². The van der Waals surface area contributed by atoms with E-state index in [-0.39, 0.29) is 105 Å². The molecule has 8 N–H and O–H groups in total. The number of aryl methyl sites for hydroxylation is 6. The van der Waals surface area contributed by atoms with E-state index in [0.29, 0.717) is 116 Å². The maximum Gasteiger partial charge on any atom is 0.274 e. The summed E-state index contributed by atoms with van der Waals surface area (Å²) < 4.78 is 108. The number of nitrogens with zero attached hydrogens (tertiary/aromatic N) is 6. The second-order valence-corrected chi connectivity index (χ2v) is 26.7. The van der Waals surface area contributed by atoms with Crippen LogP contribution in [0.3, 0.4) is 0 Å². The Balaban J connectivity index is 0.000000654. The number of aliphatic hydroxyl groups is 2. The SMILES string of the molecule is CCc1onc(C(=O)NC(C)C(C)(C)OC)c1C(C)O.CCc1onc(C(=O)NC(C)C(C)C)c1C(C)F.CCc1onc(C(=O)NCC(C)(C)OC)c1CF.CCc1onc(C(=O)NCC(C)OC)c1C(C)F.CCc1onc(C(=O)NCC(C)OC)c1C(C)O.CCc1onc(C(=O)NCC(C)OC)c1CF. The summed E-state index contributed by atoms with van der Waals surface area (Å²) in [6, 6.07) is -0.217. The van der Waals surface area contributed by atoms with Crippen molar-refractivity contribution in [1.29, 1.82) is 0 Å². The van der Waals surface area contributed by atoms with E-state index in [1.54, 1.807) is 49.4 Å². The van der Waals surface area contributed by atoms with Gasteiger partial charge in [0.1, 0.15) is 60.3 Å². The Morgan fingerprint density at radius 3 is 0.963 bits per heavy atom. The highest BCUT2D eigenvalue weighted by Crippen LogP contribution is 2.29. The van der Waals surface area contributed by atoms with Gasteiger partial charge in [0.25, 0.3) is 35.4 Å². The van der Waals surface area contributed by atoms with Gasteiger partial charge in [-0.3, -0.25) is 28.8 Å². The number of hydrogen-bond donors (Lipinski definition) is 8. The van der Waals surface area contributed by atoms with E-state index in [4.69, 9.17) is 50.8 Å². The second kappa shape index (κ2) is 48.9. The van der Waals surface area contributed by atoms with Crippen LogP contribution in [0.4, 0.5) is 17.6 Å². The summed E-state index contributed by atoms with van der Waals surface area (Å²) in [5.74, 6) is 0.604. The fraction of sp³-hybridized carbons (Fsp3) is 0.676. The number of halogens is 4. The number of alkyl halides is 4. The van der Waals surface area contributed by atoms with E-state index in [1.807, 2.05) is 118 Å². The van der Waals surface area contributed by atoms with Gasteiger partial charge in [-0.05, 0) is 95.9 Å². The maximum atomic E-state index is 13.6. The predicted molar refractivity (Wildman–Crippen MR) is 395 cm³/mol. The normalized spacial score (nSPS) is 13.7. The Bertz CT molecular complexity index is 3610. The molecule has 0 fully saturated rings. The lowest BCUT2D eigenvalue weighted by atomic mass is 9.99. The average molecular weight is 1560 g/mol. The maximum absolute atomic E-state index is 13.6. The standard InChI is InChI=1S/C14H24N2O4.C13H21FN2O2.2C12H19FN2O3.C12H20N2O4.C11H17FN2O3/c1-7-10-11(8(2)17)12(16-20-10)13(18)15-9(3)14(4,5)19-6;1-6-10-11(8(4)14)12(16-18-10)13(17)15-9(5)7(2)3;1-5-9-8(6-13)10(15-18-9)11(16)14-7-12(2,3)17-4;1-5-9-10(8(3)13)11(15-18-9)12(16)14-6-7(2)17-4;1-5-9-10(8(3)15)11(14-18-9)12(16)13-6-7(2)17-4;1-4-9-8(5-12)10(14-17-9)11(15)13-6-7(2)16-3/h8-9,17H,7H2,1-6H3,(H,15,18);7-9H,6H2,1-5H3,(H,15,17);5-7H2,1-4H3,(H,14,16);7-8H,5-6H2,1-4H3,(H,14,16);7-8,15H,5-6H2,1-4H3,(H,13,16);7H,4-6H2,1-3H3,(H,13,15). The third-order valence-corrected chi connectivity index (χ3v) is 17.4. The van der Waals surface area contributed by atoms with E-state index in [0.717, 1.165) is 0 Å². The van der Waals surface area contributed by atoms with Gasteiger partial charge in [-0.1, -0.05) is 86.3 Å². The van der Waals surface area contributed by atoms with Gasteiger partial charge in [-0.15, -0.1) is 0 Å². The van der Waals surface area contributed by atoms with E-state index in [2.05, 4.69) is 62.8 Å². The van der Waals surface area contributed by atoms with Crippen LogP contribution in [-0.2, 0) is 75.6 Å². The molecule has 0 aliphatic heterocycles. The van der Waals surface area contributed by atoms with Crippen LogP contribution in [0.25, 0.3) is 0 Å². The van der Waals surface area contributed by atoms with Crippen molar-refractivity contribution in [2.75, 3.05) is 61.7 Å². The summed E-state index contributed by atoms with van der Waals surface area (Å²) in [4.78, 5) is 71.6. The third-order valence-electron chi connectivity index (χ3n) is 17.4. The minimum atomic E-state index is -1.29. The molecule has 0 aromatic carbocycles. The molecule has 6 amide bonds. The van der Waals surface area contributed by atoms with Gasteiger partial charge < -0.3 is 92.9 Å². The minimum absolute atomic E-state index is 0.00189. The highest BCUT2D eigenvalue weighted by molar-refractivity contribution is 5.96. The smallest absolute Gasteiger partial charge is 0.274 e. The van der Waals surface area contributed by atoms with Crippen LogP contribution in [0.1, 0.15) is 301 Å². The molecule has 0 aliphatic rings. The Hall–Kier alpha value is -8.48. The molecule has 0 spiro atoms. The number of hydrogen-bond acceptors (Lipinski definition) is 25. The summed E-state index contributed by atoms with van der Waals surface area (Å²) in [5, 5.41) is 57.7. The third kappa shape index (κ3) is 30.4. The average Bonchev–Trinajstić information content (AvgIpc) is 1.71. The van der Waals surface area contributed by atoms with Crippen molar-refractivity contribution in [1.82, 2.24) is 62.8 Å². The first-order valence-corrected chi connectivity index (χ1v) is 36.3. The Labute approximate surface area is 636 Å². The first-order chi connectivity index (χ1) is 51.2. The van der Waals surface area contributed by atoms with Gasteiger partial charge in [-0.2, -0.15) is 0 Å². The summed E-state index contributed by atoms with van der Waals surface area (Å²) in [6.45, 7) is 37.5. The van der Waals surface area contributed by atoms with Gasteiger partial charge in [0.05, 0.1) is 81.1 Å². The van der Waals surface area contributed by atoms with Crippen LogP contribution in [0, 0.1) is 5.92 Å². The highest BCUT2D eigenvalue weighted by atomic mass is 19.1. The van der Waals surface area contributed by atoms with Crippen molar-refractivity contribution < 1.29 is 107 Å². The topological polar surface area (TPSA) is 417 Å². The van der Waals surface area contributed by atoms with Crippen LogP contribution in [-0.4, -0.2) is 180 Å². The number of aromatic nitrogens is 6. The van der Waals surface area contributed by atoms with Gasteiger partial charge in [0.15, 0.2) is 34.2 Å². The Morgan fingerprint density at radius 1 is 0.404 bits per heavy atom. The Morgan fingerprint density at radius 2 is 0.679 bits per heavy atom. The van der Waals surface area contributed by atoms with Gasteiger partial charge >= 0.3 is 0 Å². The molecule has 6 heterocycles. The van der Waals surface area contributed by atoms with Crippen molar-refractivity contribution in [3.05, 3.63) is 102 Å². The zero-order valence-corrected chi connectivity index (χ0v) is 68.3. The molecule has 0 radical (unpaired) electrons. The number of amides is 6. The molecule has 0 saturated heterocycles. The number of ether oxygens (including phenoxy) is 5. The van der Waals surface area contributed by atoms with Crippen LogP contribution in [0.15, 0.2) is 27.1 Å². The molecular weight excluding hydrogens is 1440 g/mol. The van der Waals surface area contributed by atoms with Crippen LogP contribution < -0.4 is 31.9 Å². The summed E-state index contributed by atoms with van der Waals surface area (Å²) >= 11 is 0. The first kappa shape index (κ1) is 98.5. The molecule has 9 unspecified atom stereocenters. The second-order valence-electron chi connectivity index (χ2n) is 26.7. The van der Waals surface area contributed by atoms with Gasteiger partial charge in [-0.25, -0.2) is 17.6 Å². The summed E-state index contributed by atoms with van der Waals surface area (Å²) in [7, 11) is 7.83. The zero-order valence-electron chi connectivity index (χ0n) is 68.3. The van der Waals surface area contributed by atoms with Crippen molar-refractivity contribution in [3.63, 3.8) is 0 Å². The predicted octanol–water partition coefficient (Wildman–Crippen LogP) is 11.3. The number of carbonyl (C=O) groups is 6. The molecular formula is C74H120F4N12O19. The molecule has 618 valence electrons. The lowest BCUT2D eigenvalue weighted by Gasteiger charge is -2.30. The van der Waals surface area contributed by atoms with E-state index in [9.17, 15) is 56.5 Å². The lowest BCUT2D eigenvalue weighted by Crippen LogP contribution is -2.48. The van der Waals surface area contributed by atoms with Crippen LogP contribution >= 0.6 is 0 Å². The van der Waals surface area contributed by atoms with Crippen molar-refractivity contribution in [2.45, 2.75) is 263 Å². The van der Waals surface area contributed by atoms with Crippen molar-refractivity contribution >= 4 is 35.4 Å². The van der Waals surface area contributed by atoms with Crippen LogP contribution in [0.2, 0.25) is 0 Å². The number of nitrogens with one attached hydrogen (secondary N) is 6. The van der Waals surface area contributed by atoms with E-state index in [1.165, 1.54) is 13.8 Å². The molecule has 6 aromatic heterocycles. The highest BCUT2D eigenvalue weighted by Gasteiger charge is 2.33. The molecule has 109 heavy (non-hydrogen) atoms. The summed E-state index contributed by atoms with van der Waals surface area (Å²) in [5.41, 5.74) is 1.29. The molecule has 6 aromatic rings.